The molecule has 0 N–H and O–H groups in total. The lowest BCUT2D eigenvalue weighted by Crippen LogP contribution is -2.27. The number of halogens is 2. The molecule has 0 amide bonds. The highest BCUT2D eigenvalue weighted by Gasteiger charge is 2.28. The molecule has 1 aromatic rings. The van der Waals surface area contributed by atoms with E-state index in [1.54, 1.807) is 6.08 Å². The van der Waals surface area contributed by atoms with E-state index in [1.165, 1.54) is 50.6 Å². The highest BCUT2D eigenvalue weighted by Crippen LogP contribution is 2.35. The van der Waals surface area contributed by atoms with E-state index < -0.39 is 17.8 Å². The third kappa shape index (κ3) is 3.66. The van der Waals surface area contributed by atoms with Crippen LogP contribution < -0.4 is 9.64 Å². The Balaban J connectivity index is 2.69. The van der Waals surface area contributed by atoms with Crippen LogP contribution >= 0.6 is 11.6 Å². The minimum absolute atomic E-state index is 0.00643. The number of allylic oxidation sites excluding steroid dienone is 2. The van der Waals surface area contributed by atoms with Gasteiger partial charge in [-0.15, -0.1) is 0 Å². The summed E-state index contributed by atoms with van der Waals surface area (Å²) >= 11 is 6.03. The second kappa shape index (κ2) is 7.85. The van der Waals surface area contributed by atoms with E-state index in [0.717, 1.165) is 6.07 Å². The van der Waals surface area contributed by atoms with Gasteiger partial charge in [0.2, 0.25) is 0 Å². The number of hydrogen-bond acceptors (Lipinski definition) is 6. The van der Waals surface area contributed by atoms with E-state index in [-0.39, 0.29) is 27.7 Å². The summed E-state index contributed by atoms with van der Waals surface area (Å²) in [6.45, 7) is 0. The van der Waals surface area contributed by atoms with Crippen molar-refractivity contribution < 1.29 is 28.2 Å². The van der Waals surface area contributed by atoms with Gasteiger partial charge in [0.15, 0.2) is 11.6 Å². The van der Waals surface area contributed by atoms with Crippen LogP contribution in [0.2, 0.25) is 5.02 Å². The van der Waals surface area contributed by atoms with Crippen LogP contribution in [0.25, 0.3) is 0 Å². The Morgan fingerprint density at radius 1 is 1.08 bits per heavy atom. The van der Waals surface area contributed by atoms with Crippen LogP contribution in [0.4, 0.5) is 10.1 Å². The molecular weight excluding hydrogens is 353 g/mol. The summed E-state index contributed by atoms with van der Waals surface area (Å²) in [5.41, 5.74) is 0.0109. The molecule has 132 valence electrons. The molecule has 1 aliphatic heterocycles. The average molecular weight is 368 g/mol. The number of carbonyl (C=O) groups is 2. The molecule has 1 aromatic carbocycles. The van der Waals surface area contributed by atoms with Gasteiger partial charge in [0.25, 0.3) is 0 Å². The van der Waals surface area contributed by atoms with Crippen molar-refractivity contribution in [3.05, 3.63) is 58.7 Å². The fourth-order valence-electron chi connectivity index (χ4n) is 2.25. The maximum atomic E-state index is 14.2. The summed E-state index contributed by atoms with van der Waals surface area (Å²) in [6.07, 6.45) is 5.97. The van der Waals surface area contributed by atoms with Gasteiger partial charge in [-0.1, -0.05) is 17.7 Å². The minimum Gasteiger partial charge on any atom is -0.492 e. The largest absolute Gasteiger partial charge is 0.492 e. The Hall–Kier alpha value is -2.80. The predicted octanol–water partition coefficient (Wildman–Crippen LogP) is 2.98. The van der Waals surface area contributed by atoms with E-state index in [4.69, 9.17) is 25.8 Å². The Kier molecular flexibility index (Phi) is 5.82. The second-order valence-corrected chi connectivity index (χ2v) is 5.17. The van der Waals surface area contributed by atoms with Gasteiger partial charge < -0.3 is 19.1 Å². The molecule has 1 heterocycles. The smallest absolute Gasteiger partial charge is 0.355 e. The summed E-state index contributed by atoms with van der Waals surface area (Å²) in [5.74, 6) is -2.40. The summed E-state index contributed by atoms with van der Waals surface area (Å²) < 4.78 is 28.6. The molecule has 1 aliphatic rings. The van der Waals surface area contributed by atoms with Crippen molar-refractivity contribution in [2.75, 3.05) is 26.2 Å². The fraction of sp³-hybridized carbons (Fsp3) is 0.176. The number of anilines is 1. The molecule has 0 aliphatic carbocycles. The zero-order chi connectivity index (χ0) is 18.6. The van der Waals surface area contributed by atoms with Crippen LogP contribution in [0.5, 0.6) is 5.75 Å². The third-order valence-electron chi connectivity index (χ3n) is 3.35. The van der Waals surface area contributed by atoms with Gasteiger partial charge in [0, 0.05) is 12.3 Å². The zero-order valence-electron chi connectivity index (χ0n) is 13.7. The summed E-state index contributed by atoms with van der Waals surface area (Å²) in [5, 5.41) is 0.00643. The van der Waals surface area contributed by atoms with Gasteiger partial charge >= 0.3 is 11.9 Å². The third-order valence-corrected chi connectivity index (χ3v) is 3.64. The molecule has 0 unspecified atom stereocenters. The number of esters is 2. The number of hydrogen-bond donors (Lipinski definition) is 0. The highest BCUT2D eigenvalue weighted by atomic mass is 35.5. The summed E-state index contributed by atoms with van der Waals surface area (Å²) in [6, 6.07) is 2.52. The first-order valence-electron chi connectivity index (χ1n) is 7.02. The first-order chi connectivity index (χ1) is 11.9. The lowest BCUT2D eigenvalue weighted by Gasteiger charge is -2.23. The van der Waals surface area contributed by atoms with E-state index in [1.807, 2.05) is 0 Å². The average Bonchev–Trinajstić information content (AvgIpc) is 2.82. The Labute approximate surface area is 148 Å². The molecule has 8 heteroatoms. The fourth-order valence-corrected chi connectivity index (χ4v) is 2.53. The van der Waals surface area contributed by atoms with E-state index in [2.05, 4.69) is 0 Å². The minimum atomic E-state index is -0.802. The predicted molar refractivity (Wildman–Crippen MR) is 89.8 cm³/mol. The number of rotatable bonds is 4. The van der Waals surface area contributed by atoms with Crippen molar-refractivity contribution in [2.24, 2.45) is 0 Å². The van der Waals surface area contributed by atoms with E-state index in [0.29, 0.717) is 0 Å². The number of nitrogens with zero attached hydrogens (tertiary/aromatic N) is 1. The standard InChI is InChI=1S/C17H15ClFNO5/c1-23-15-12(18)8-10(9-13(15)19)20-7-5-4-6-11(16(21)24-2)14(20)17(22)25-3/h4-9H,1-3H3. The zero-order valence-corrected chi connectivity index (χ0v) is 14.5. The molecule has 0 aromatic heterocycles. The molecule has 2 rings (SSSR count). The first-order valence-corrected chi connectivity index (χ1v) is 7.40. The molecule has 6 nitrogen and oxygen atoms in total. The molecule has 25 heavy (non-hydrogen) atoms. The van der Waals surface area contributed by atoms with Crippen molar-refractivity contribution in [1.29, 1.82) is 0 Å². The van der Waals surface area contributed by atoms with Crippen molar-refractivity contribution >= 4 is 29.2 Å². The van der Waals surface area contributed by atoms with Crippen molar-refractivity contribution in [1.82, 2.24) is 0 Å². The highest BCUT2D eigenvalue weighted by molar-refractivity contribution is 6.32. The lowest BCUT2D eigenvalue weighted by atomic mass is 10.1. The number of ether oxygens (including phenoxy) is 3. The van der Waals surface area contributed by atoms with Crippen molar-refractivity contribution in [2.45, 2.75) is 0 Å². The van der Waals surface area contributed by atoms with Crippen LogP contribution in [0, 0.1) is 5.82 Å². The molecular formula is C17H15ClFNO5. The normalized spacial score (nSPS) is 13.6. The number of benzene rings is 1. The van der Waals surface area contributed by atoms with Crippen molar-refractivity contribution in [3.63, 3.8) is 0 Å². The van der Waals surface area contributed by atoms with Crippen molar-refractivity contribution in [3.8, 4) is 5.75 Å². The molecule has 0 spiro atoms. The molecule has 0 radical (unpaired) electrons. The van der Waals surface area contributed by atoms with Gasteiger partial charge in [-0.25, -0.2) is 14.0 Å². The second-order valence-electron chi connectivity index (χ2n) is 4.76. The van der Waals surface area contributed by atoms with Gasteiger partial charge in [-0.05, 0) is 18.2 Å². The summed E-state index contributed by atoms with van der Waals surface area (Å²) in [4.78, 5) is 25.6. The Morgan fingerprint density at radius 2 is 1.76 bits per heavy atom. The van der Waals surface area contributed by atoms with E-state index in [9.17, 15) is 14.0 Å². The SMILES string of the molecule is COC(=O)C1=C(C(=O)OC)N(c2cc(F)c(OC)c(Cl)c2)C=CC=C1. The Morgan fingerprint density at radius 3 is 2.32 bits per heavy atom. The maximum absolute atomic E-state index is 14.2. The molecule has 0 fully saturated rings. The number of carbonyl (C=O) groups excluding carboxylic acids is 2. The van der Waals surface area contributed by atoms with Crippen LogP contribution in [0.3, 0.4) is 0 Å². The van der Waals surface area contributed by atoms with E-state index >= 15 is 0 Å². The molecule has 0 saturated heterocycles. The Bertz CT molecular complexity index is 777. The first kappa shape index (κ1) is 18.5. The molecule has 0 bridgehead atoms. The van der Waals surface area contributed by atoms with Crippen LogP contribution in [-0.2, 0) is 19.1 Å². The van der Waals surface area contributed by atoms with Crippen LogP contribution in [0.1, 0.15) is 0 Å². The topological polar surface area (TPSA) is 65.1 Å². The quantitative estimate of drug-likeness (QED) is 0.762. The maximum Gasteiger partial charge on any atom is 0.355 e. The monoisotopic (exact) mass is 367 g/mol. The summed E-state index contributed by atoms with van der Waals surface area (Å²) in [7, 11) is 3.64. The molecule has 0 saturated carbocycles. The molecule has 0 atom stereocenters. The van der Waals surface area contributed by atoms with Crippen LogP contribution in [-0.4, -0.2) is 33.3 Å². The van der Waals surface area contributed by atoms with Gasteiger partial charge in [0.1, 0.15) is 5.70 Å². The van der Waals surface area contributed by atoms with Crippen LogP contribution in [0.15, 0.2) is 47.8 Å². The number of methoxy groups -OCH3 is 3. The van der Waals surface area contributed by atoms with Gasteiger partial charge in [-0.2, -0.15) is 0 Å². The lowest BCUT2D eigenvalue weighted by molar-refractivity contribution is -0.139. The van der Waals surface area contributed by atoms with Gasteiger partial charge in [-0.3, -0.25) is 0 Å². The van der Waals surface area contributed by atoms with Gasteiger partial charge in [0.05, 0.1) is 37.6 Å².